The van der Waals surface area contributed by atoms with E-state index in [1.54, 1.807) is 24.1 Å². The van der Waals surface area contributed by atoms with E-state index in [2.05, 4.69) is 20.3 Å². The monoisotopic (exact) mass is 444 g/mol. The lowest BCUT2D eigenvalue weighted by Crippen LogP contribution is -2.24. The molecular formula is C20H18Cl2N6O2. The molecule has 0 aliphatic heterocycles. The van der Waals surface area contributed by atoms with E-state index in [9.17, 15) is 4.79 Å². The van der Waals surface area contributed by atoms with Gasteiger partial charge in [-0.15, -0.1) is 0 Å². The Morgan fingerprint density at radius 1 is 1.10 bits per heavy atom. The van der Waals surface area contributed by atoms with E-state index in [4.69, 9.17) is 27.7 Å². The van der Waals surface area contributed by atoms with Crippen LogP contribution in [0.15, 0.2) is 46.0 Å². The minimum atomic E-state index is -0.432. The van der Waals surface area contributed by atoms with Crippen LogP contribution in [0.4, 0.5) is 0 Å². The van der Waals surface area contributed by atoms with Crippen LogP contribution >= 0.6 is 23.2 Å². The van der Waals surface area contributed by atoms with Crippen molar-refractivity contribution in [1.29, 1.82) is 0 Å². The number of hydrogen-bond donors (Lipinski definition) is 0. The second kappa shape index (κ2) is 8.41. The fourth-order valence-corrected chi connectivity index (χ4v) is 3.49. The first kappa shape index (κ1) is 20.3. The molecule has 154 valence electrons. The van der Waals surface area contributed by atoms with Gasteiger partial charge in [-0.25, -0.2) is 4.68 Å². The minimum Gasteiger partial charge on any atom is -0.337 e. The van der Waals surface area contributed by atoms with Crippen LogP contribution in [-0.4, -0.2) is 29.7 Å². The molecule has 0 spiro atoms. The first-order valence-electron chi connectivity index (χ1n) is 9.23. The van der Waals surface area contributed by atoms with Crippen LogP contribution in [0, 0.1) is 6.92 Å². The third-order valence-electron chi connectivity index (χ3n) is 4.63. The van der Waals surface area contributed by atoms with Crippen molar-refractivity contribution in [3.05, 3.63) is 80.0 Å². The number of nitrogens with zero attached hydrogens (tertiary/aromatic N) is 6. The average molecular weight is 445 g/mol. The Labute approximate surface area is 182 Å². The Morgan fingerprint density at radius 2 is 1.87 bits per heavy atom. The molecule has 3 heterocycles. The SMILES string of the molecule is Cc1nn(C)cc1-c1cnn(Cc2nc(CCc3ccc(Cl)cc3)no2)c(=O)c1Cl. The van der Waals surface area contributed by atoms with Crippen molar-refractivity contribution in [3.8, 4) is 11.1 Å². The van der Waals surface area contributed by atoms with Gasteiger partial charge < -0.3 is 4.52 Å². The summed E-state index contributed by atoms with van der Waals surface area (Å²) in [6.07, 6.45) is 4.70. The highest BCUT2D eigenvalue weighted by atomic mass is 35.5. The second-order valence-corrected chi connectivity index (χ2v) is 7.68. The van der Waals surface area contributed by atoms with Gasteiger partial charge in [-0.3, -0.25) is 9.48 Å². The number of benzene rings is 1. The van der Waals surface area contributed by atoms with Crippen LogP contribution in [0.5, 0.6) is 0 Å². The first-order valence-corrected chi connectivity index (χ1v) is 9.98. The highest BCUT2D eigenvalue weighted by Gasteiger charge is 2.16. The van der Waals surface area contributed by atoms with Gasteiger partial charge in [0.05, 0.1) is 11.9 Å². The van der Waals surface area contributed by atoms with Gasteiger partial charge in [0.1, 0.15) is 11.6 Å². The molecule has 10 heteroatoms. The predicted molar refractivity (Wildman–Crippen MR) is 113 cm³/mol. The predicted octanol–water partition coefficient (Wildman–Crippen LogP) is 3.48. The van der Waals surface area contributed by atoms with E-state index >= 15 is 0 Å². The van der Waals surface area contributed by atoms with Crippen molar-refractivity contribution in [1.82, 2.24) is 29.7 Å². The molecular weight excluding hydrogens is 427 g/mol. The van der Waals surface area contributed by atoms with Crippen LogP contribution in [0.2, 0.25) is 10.0 Å². The lowest BCUT2D eigenvalue weighted by Gasteiger charge is -2.05. The Morgan fingerprint density at radius 3 is 2.57 bits per heavy atom. The zero-order valence-corrected chi connectivity index (χ0v) is 17.9. The van der Waals surface area contributed by atoms with E-state index in [1.807, 2.05) is 31.2 Å². The molecule has 4 aromatic rings. The van der Waals surface area contributed by atoms with E-state index in [1.165, 1.54) is 4.68 Å². The zero-order chi connectivity index (χ0) is 21.3. The maximum Gasteiger partial charge on any atom is 0.286 e. The zero-order valence-electron chi connectivity index (χ0n) is 16.3. The fourth-order valence-electron chi connectivity index (χ4n) is 3.12. The third-order valence-corrected chi connectivity index (χ3v) is 5.25. The molecule has 3 aromatic heterocycles. The van der Waals surface area contributed by atoms with Crippen molar-refractivity contribution >= 4 is 23.2 Å². The minimum absolute atomic E-state index is 0.0405. The topological polar surface area (TPSA) is 91.6 Å². The molecule has 8 nitrogen and oxygen atoms in total. The van der Waals surface area contributed by atoms with Gasteiger partial charge in [0.15, 0.2) is 5.82 Å². The van der Waals surface area contributed by atoms with Crippen LogP contribution < -0.4 is 5.56 Å². The number of aryl methyl sites for hydroxylation is 4. The molecule has 0 aliphatic rings. The van der Waals surface area contributed by atoms with Crippen molar-refractivity contribution in [2.45, 2.75) is 26.3 Å². The van der Waals surface area contributed by atoms with Crippen LogP contribution in [0.3, 0.4) is 0 Å². The van der Waals surface area contributed by atoms with E-state index in [-0.39, 0.29) is 17.5 Å². The largest absolute Gasteiger partial charge is 0.337 e. The molecule has 0 atom stereocenters. The summed E-state index contributed by atoms with van der Waals surface area (Å²) in [5, 5.41) is 13.2. The summed E-state index contributed by atoms with van der Waals surface area (Å²) in [7, 11) is 1.80. The van der Waals surface area contributed by atoms with Crippen molar-refractivity contribution in [2.24, 2.45) is 7.05 Å². The molecule has 0 N–H and O–H groups in total. The highest BCUT2D eigenvalue weighted by Crippen LogP contribution is 2.26. The van der Waals surface area contributed by atoms with Crippen molar-refractivity contribution < 1.29 is 4.52 Å². The van der Waals surface area contributed by atoms with Crippen molar-refractivity contribution in [3.63, 3.8) is 0 Å². The highest BCUT2D eigenvalue weighted by molar-refractivity contribution is 6.33. The molecule has 4 rings (SSSR count). The Kier molecular flexibility index (Phi) is 5.69. The number of rotatable bonds is 6. The Hall–Kier alpha value is -2.97. The number of aromatic nitrogens is 6. The summed E-state index contributed by atoms with van der Waals surface area (Å²) in [6.45, 7) is 1.89. The third kappa shape index (κ3) is 4.29. The standard InChI is InChI=1S/C20H18Cl2N6O2/c1-12-16(10-27(2)25-12)15-9-23-28(20(29)19(15)22)11-18-24-17(26-30-18)8-5-13-3-6-14(21)7-4-13/h3-4,6-7,9-10H,5,8,11H2,1-2H3. The second-order valence-electron chi connectivity index (χ2n) is 6.87. The molecule has 0 amide bonds. The quantitative estimate of drug-likeness (QED) is 0.451. The summed E-state index contributed by atoms with van der Waals surface area (Å²) >= 11 is 12.2. The molecule has 0 aliphatic carbocycles. The lowest BCUT2D eigenvalue weighted by atomic mass is 10.1. The molecule has 1 aromatic carbocycles. The maximum atomic E-state index is 12.7. The van der Waals surface area contributed by atoms with Crippen LogP contribution in [0.25, 0.3) is 11.1 Å². The number of halogens is 2. The van der Waals surface area contributed by atoms with Gasteiger partial charge in [0.25, 0.3) is 5.56 Å². The average Bonchev–Trinajstić information content (AvgIpc) is 3.31. The molecule has 0 saturated carbocycles. The van der Waals surface area contributed by atoms with Gasteiger partial charge in [-0.1, -0.05) is 40.5 Å². The molecule has 30 heavy (non-hydrogen) atoms. The Bertz CT molecular complexity index is 1240. The molecule has 0 saturated heterocycles. The van der Waals surface area contributed by atoms with Gasteiger partial charge in [0, 0.05) is 35.8 Å². The van der Waals surface area contributed by atoms with Crippen LogP contribution in [-0.2, 0) is 26.4 Å². The van der Waals surface area contributed by atoms with Gasteiger partial charge in [-0.05, 0) is 31.0 Å². The summed E-state index contributed by atoms with van der Waals surface area (Å²) < 4.78 is 8.14. The van der Waals surface area contributed by atoms with E-state index < -0.39 is 5.56 Å². The summed E-state index contributed by atoms with van der Waals surface area (Å²) in [5.74, 6) is 0.846. The molecule has 0 fully saturated rings. The van der Waals surface area contributed by atoms with Gasteiger partial charge in [0.2, 0.25) is 5.89 Å². The van der Waals surface area contributed by atoms with Crippen LogP contribution in [0.1, 0.15) is 23.0 Å². The molecule has 0 radical (unpaired) electrons. The number of hydrogen-bond acceptors (Lipinski definition) is 6. The summed E-state index contributed by atoms with van der Waals surface area (Å²) in [5.41, 5.74) is 2.76. The maximum absolute atomic E-state index is 12.7. The smallest absolute Gasteiger partial charge is 0.286 e. The van der Waals surface area contributed by atoms with Gasteiger partial charge >= 0.3 is 0 Å². The first-order chi connectivity index (χ1) is 14.4. The normalized spacial score (nSPS) is 11.2. The van der Waals surface area contributed by atoms with E-state index in [0.29, 0.717) is 22.8 Å². The molecule has 0 bridgehead atoms. The van der Waals surface area contributed by atoms with Crippen molar-refractivity contribution in [2.75, 3.05) is 0 Å². The lowest BCUT2D eigenvalue weighted by molar-refractivity contribution is 0.358. The Balaban J connectivity index is 1.48. The summed E-state index contributed by atoms with van der Waals surface area (Å²) in [4.78, 5) is 17.0. The summed E-state index contributed by atoms with van der Waals surface area (Å²) in [6, 6.07) is 7.61. The van der Waals surface area contributed by atoms with E-state index in [0.717, 1.165) is 23.2 Å². The fraction of sp³-hybridized carbons (Fsp3) is 0.250. The molecule has 0 unspecified atom stereocenters. The van der Waals surface area contributed by atoms with Gasteiger partial charge in [-0.2, -0.15) is 15.2 Å².